The van der Waals surface area contributed by atoms with Gasteiger partial charge < -0.3 is 11.5 Å². The molecule has 5 heteroatoms. The molecule has 2 rings (SSSR count). The van der Waals surface area contributed by atoms with Gasteiger partial charge >= 0.3 is 0 Å². The zero-order valence-corrected chi connectivity index (χ0v) is 8.57. The van der Waals surface area contributed by atoms with Crippen LogP contribution in [0.3, 0.4) is 0 Å². The molecule has 0 spiro atoms. The lowest BCUT2D eigenvalue weighted by Crippen LogP contribution is -2.02. The molecule has 0 atom stereocenters. The van der Waals surface area contributed by atoms with Crippen LogP contribution < -0.4 is 11.5 Å². The van der Waals surface area contributed by atoms with Crippen LogP contribution in [0.2, 0.25) is 0 Å². The molecule has 78 valence electrons. The molecule has 2 aromatic heterocycles. The first-order valence-corrected chi connectivity index (χ1v) is 4.88. The average molecular weight is 203 g/mol. The van der Waals surface area contributed by atoms with Gasteiger partial charge in [-0.2, -0.15) is 9.97 Å². The van der Waals surface area contributed by atoms with E-state index in [2.05, 4.69) is 21.9 Å². The van der Waals surface area contributed by atoms with E-state index in [-0.39, 0.29) is 5.95 Å². The van der Waals surface area contributed by atoms with Crippen molar-refractivity contribution in [1.29, 1.82) is 0 Å². The first-order valence-electron chi connectivity index (χ1n) is 4.88. The summed E-state index contributed by atoms with van der Waals surface area (Å²) in [5.74, 6) is 0.554. The Kier molecular flexibility index (Phi) is 2.37. The molecule has 0 radical (unpaired) electrons. The minimum absolute atomic E-state index is 0.163. The highest BCUT2D eigenvalue weighted by molar-refractivity contribution is 5.86. The number of rotatable bonds is 2. The van der Waals surface area contributed by atoms with Gasteiger partial charge in [-0.05, 0) is 18.1 Å². The van der Waals surface area contributed by atoms with E-state index < -0.39 is 0 Å². The third-order valence-electron chi connectivity index (χ3n) is 2.19. The normalized spacial score (nSPS) is 10.7. The molecule has 2 aromatic rings. The van der Waals surface area contributed by atoms with Gasteiger partial charge in [0.2, 0.25) is 5.95 Å². The second-order valence-electron chi connectivity index (χ2n) is 3.43. The molecular formula is C10H13N5. The molecular weight excluding hydrogens is 190 g/mol. The van der Waals surface area contributed by atoms with Crippen LogP contribution in [0.1, 0.15) is 18.9 Å². The molecule has 4 N–H and O–H groups in total. The predicted molar refractivity (Wildman–Crippen MR) is 60.2 cm³/mol. The number of aryl methyl sites for hydroxylation is 1. The molecule has 0 aliphatic heterocycles. The van der Waals surface area contributed by atoms with Crippen molar-refractivity contribution in [2.24, 2.45) is 0 Å². The van der Waals surface area contributed by atoms with Crippen molar-refractivity contribution in [3.8, 4) is 0 Å². The van der Waals surface area contributed by atoms with Crippen LogP contribution in [-0.4, -0.2) is 15.0 Å². The number of nitrogen functional groups attached to an aromatic ring is 2. The molecule has 0 aliphatic rings. The van der Waals surface area contributed by atoms with Crippen LogP contribution >= 0.6 is 0 Å². The third kappa shape index (κ3) is 1.81. The minimum Gasteiger partial charge on any atom is -0.383 e. The minimum atomic E-state index is 0.163. The fourth-order valence-electron chi connectivity index (χ4n) is 1.52. The molecule has 5 nitrogen and oxygen atoms in total. The smallest absolute Gasteiger partial charge is 0.224 e. The van der Waals surface area contributed by atoms with Gasteiger partial charge in [0.1, 0.15) is 5.82 Å². The Labute approximate surface area is 87.5 Å². The standard InChI is InChI=1S/C10H13N5/c1-2-3-6-4-7-8(11)14-10(12)15-9(7)13-5-6/h4-5H,2-3H2,1H3,(H4,11,12,13,14,15). The molecule has 15 heavy (non-hydrogen) atoms. The molecule has 0 unspecified atom stereocenters. The summed E-state index contributed by atoms with van der Waals surface area (Å²) in [6, 6.07) is 1.97. The molecule has 2 heterocycles. The van der Waals surface area contributed by atoms with E-state index in [9.17, 15) is 0 Å². The van der Waals surface area contributed by atoms with E-state index in [1.807, 2.05) is 6.07 Å². The van der Waals surface area contributed by atoms with E-state index in [0.29, 0.717) is 11.5 Å². The average Bonchev–Trinajstić information content (AvgIpc) is 2.19. The van der Waals surface area contributed by atoms with Gasteiger partial charge in [-0.1, -0.05) is 13.3 Å². The summed E-state index contributed by atoms with van der Waals surface area (Å²) in [5.41, 5.74) is 12.9. The molecule has 0 saturated carbocycles. The van der Waals surface area contributed by atoms with Crippen molar-refractivity contribution < 1.29 is 0 Å². The summed E-state index contributed by atoms with van der Waals surface area (Å²) in [5, 5.41) is 0.773. The second kappa shape index (κ2) is 3.68. The number of aromatic nitrogens is 3. The van der Waals surface area contributed by atoms with Gasteiger partial charge in [-0.15, -0.1) is 0 Å². The van der Waals surface area contributed by atoms with E-state index in [4.69, 9.17) is 11.5 Å². The number of hydrogen-bond acceptors (Lipinski definition) is 5. The van der Waals surface area contributed by atoms with Gasteiger partial charge in [-0.3, -0.25) is 0 Å². The Morgan fingerprint density at radius 3 is 2.80 bits per heavy atom. The molecule has 0 aromatic carbocycles. The number of nitrogens with zero attached hydrogens (tertiary/aromatic N) is 3. The Bertz CT molecular complexity index is 494. The van der Waals surface area contributed by atoms with Crippen LogP contribution in [0, 0.1) is 0 Å². The molecule has 0 aliphatic carbocycles. The molecule has 0 saturated heterocycles. The monoisotopic (exact) mass is 203 g/mol. The Morgan fingerprint density at radius 1 is 1.27 bits per heavy atom. The van der Waals surface area contributed by atoms with Gasteiger partial charge in [0.05, 0.1) is 5.39 Å². The van der Waals surface area contributed by atoms with Crippen molar-refractivity contribution in [3.05, 3.63) is 17.8 Å². The highest BCUT2D eigenvalue weighted by Crippen LogP contribution is 2.18. The van der Waals surface area contributed by atoms with Crippen LogP contribution in [0.4, 0.5) is 11.8 Å². The summed E-state index contributed by atoms with van der Waals surface area (Å²) in [6.45, 7) is 2.12. The largest absolute Gasteiger partial charge is 0.383 e. The van der Waals surface area contributed by atoms with Gasteiger partial charge in [0.15, 0.2) is 5.65 Å². The van der Waals surface area contributed by atoms with E-state index in [1.165, 1.54) is 0 Å². The van der Waals surface area contributed by atoms with Crippen LogP contribution in [0.15, 0.2) is 12.3 Å². The lowest BCUT2D eigenvalue weighted by Gasteiger charge is -2.03. The highest BCUT2D eigenvalue weighted by atomic mass is 15.1. The van der Waals surface area contributed by atoms with E-state index in [1.54, 1.807) is 6.20 Å². The van der Waals surface area contributed by atoms with Gasteiger partial charge in [0.25, 0.3) is 0 Å². The number of hydrogen-bond donors (Lipinski definition) is 2. The van der Waals surface area contributed by atoms with E-state index in [0.717, 1.165) is 23.8 Å². The van der Waals surface area contributed by atoms with Crippen LogP contribution in [0.25, 0.3) is 11.0 Å². The fourth-order valence-corrected chi connectivity index (χ4v) is 1.52. The van der Waals surface area contributed by atoms with Crippen LogP contribution in [-0.2, 0) is 6.42 Å². The lowest BCUT2D eigenvalue weighted by atomic mass is 10.1. The summed E-state index contributed by atoms with van der Waals surface area (Å²) < 4.78 is 0. The summed E-state index contributed by atoms with van der Waals surface area (Å²) in [7, 11) is 0. The number of anilines is 2. The third-order valence-corrected chi connectivity index (χ3v) is 2.19. The zero-order valence-electron chi connectivity index (χ0n) is 8.57. The van der Waals surface area contributed by atoms with Crippen LogP contribution in [0.5, 0.6) is 0 Å². The number of nitrogens with two attached hydrogens (primary N) is 2. The van der Waals surface area contributed by atoms with E-state index >= 15 is 0 Å². The molecule has 0 fully saturated rings. The van der Waals surface area contributed by atoms with Gasteiger partial charge in [0, 0.05) is 6.20 Å². The first kappa shape index (κ1) is 9.64. The lowest BCUT2D eigenvalue weighted by molar-refractivity contribution is 0.916. The highest BCUT2D eigenvalue weighted by Gasteiger charge is 2.05. The number of fused-ring (bicyclic) bond motifs is 1. The first-order chi connectivity index (χ1) is 7.20. The Balaban J connectivity index is 2.60. The number of pyridine rings is 1. The summed E-state index contributed by atoms with van der Waals surface area (Å²) in [6.07, 6.45) is 3.85. The maximum Gasteiger partial charge on any atom is 0.224 e. The zero-order chi connectivity index (χ0) is 10.8. The van der Waals surface area contributed by atoms with Crippen molar-refractivity contribution >= 4 is 22.8 Å². The second-order valence-corrected chi connectivity index (χ2v) is 3.43. The Morgan fingerprint density at radius 2 is 2.07 bits per heavy atom. The summed E-state index contributed by atoms with van der Waals surface area (Å²) >= 11 is 0. The SMILES string of the molecule is CCCc1cnc2nc(N)nc(N)c2c1. The molecule has 0 amide bonds. The maximum absolute atomic E-state index is 5.75. The predicted octanol–water partition coefficient (Wildman–Crippen LogP) is 1.14. The fraction of sp³-hybridized carbons (Fsp3) is 0.300. The maximum atomic E-state index is 5.75. The Hall–Kier alpha value is -1.91. The van der Waals surface area contributed by atoms with Crippen molar-refractivity contribution in [3.63, 3.8) is 0 Å². The van der Waals surface area contributed by atoms with Gasteiger partial charge in [-0.25, -0.2) is 4.98 Å². The summed E-state index contributed by atoms with van der Waals surface area (Å²) in [4.78, 5) is 12.1. The van der Waals surface area contributed by atoms with Crippen molar-refractivity contribution in [2.75, 3.05) is 11.5 Å². The van der Waals surface area contributed by atoms with Crippen molar-refractivity contribution in [2.45, 2.75) is 19.8 Å². The van der Waals surface area contributed by atoms with Crippen molar-refractivity contribution in [1.82, 2.24) is 15.0 Å². The topological polar surface area (TPSA) is 90.7 Å². The molecule has 0 bridgehead atoms. The quantitative estimate of drug-likeness (QED) is 0.763.